The van der Waals surface area contributed by atoms with Crippen LogP contribution < -0.4 is 10.9 Å². The Morgan fingerprint density at radius 3 is 2.66 bits per heavy atom. The lowest BCUT2D eigenvalue weighted by molar-refractivity contribution is -0.116. The molecule has 0 aliphatic rings. The molecule has 0 bridgehead atoms. The first-order valence-corrected chi connectivity index (χ1v) is 10.3. The Morgan fingerprint density at radius 1 is 1.28 bits per heavy atom. The molecule has 0 saturated heterocycles. The SMILES string of the molecule is CCCc1nc2scc(C(=O)O)c2c(=O)n1CC(=O)Nc1ccccc1C(C)C. The Balaban J connectivity index is 2.00. The number of carbonyl (C=O) groups excluding carboxylic acids is 1. The van der Waals surface area contributed by atoms with Gasteiger partial charge in [0.15, 0.2) is 0 Å². The molecule has 0 radical (unpaired) electrons. The number of fused-ring (bicyclic) bond motifs is 1. The molecular weight excluding hydrogens is 390 g/mol. The molecule has 2 N–H and O–H groups in total. The number of para-hydroxylation sites is 1. The molecule has 1 aromatic carbocycles. The predicted molar refractivity (Wildman–Crippen MR) is 114 cm³/mol. The van der Waals surface area contributed by atoms with Crippen LogP contribution in [0.1, 0.15) is 54.9 Å². The van der Waals surface area contributed by atoms with Crippen LogP contribution in [0, 0.1) is 0 Å². The van der Waals surface area contributed by atoms with Crippen LogP contribution in [0.2, 0.25) is 0 Å². The zero-order chi connectivity index (χ0) is 21.1. The van der Waals surface area contributed by atoms with Crippen molar-refractivity contribution in [2.24, 2.45) is 0 Å². The number of aryl methyl sites for hydroxylation is 1. The first kappa shape index (κ1) is 20.7. The summed E-state index contributed by atoms with van der Waals surface area (Å²) < 4.78 is 1.29. The molecule has 0 aliphatic heterocycles. The van der Waals surface area contributed by atoms with Gasteiger partial charge in [-0.15, -0.1) is 11.3 Å². The summed E-state index contributed by atoms with van der Waals surface area (Å²) in [7, 11) is 0. The molecule has 2 aromatic heterocycles. The van der Waals surface area contributed by atoms with E-state index in [2.05, 4.69) is 10.3 Å². The van der Waals surface area contributed by atoms with Gasteiger partial charge in [0, 0.05) is 17.5 Å². The molecule has 0 unspecified atom stereocenters. The largest absolute Gasteiger partial charge is 0.478 e. The number of hydrogen-bond acceptors (Lipinski definition) is 5. The second-order valence-corrected chi connectivity index (χ2v) is 7.95. The third-order valence-electron chi connectivity index (χ3n) is 4.64. The van der Waals surface area contributed by atoms with E-state index in [-0.39, 0.29) is 29.3 Å². The van der Waals surface area contributed by atoms with E-state index in [1.54, 1.807) is 0 Å². The highest BCUT2D eigenvalue weighted by Gasteiger charge is 2.21. The maximum atomic E-state index is 13.1. The second-order valence-electron chi connectivity index (χ2n) is 7.09. The fourth-order valence-electron chi connectivity index (χ4n) is 3.25. The highest BCUT2D eigenvalue weighted by atomic mass is 32.1. The predicted octanol–water partition coefficient (Wildman–Crippen LogP) is 3.87. The maximum Gasteiger partial charge on any atom is 0.337 e. The number of nitrogens with one attached hydrogen (secondary N) is 1. The molecule has 8 heteroatoms. The van der Waals surface area contributed by atoms with Crippen molar-refractivity contribution in [2.45, 2.75) is 46.1 Å². The second kappa shape index (κ2) is 8.57. The minimum atomic E-state index is -1.18. The molecule has 7 nitrogen and oxygen atoms in total. The van der Waals surface area contributed by atoms with E-state index in [1.165, 1.54) is 9.95 Å². The monoisotopic (exact) mass is 413 g/mol. The molecule has 3 aromatic rings. The number of hydrogen-bond donors (Lipinski definition) is 2. The lowest BCUT2D eigenvalue weighted by Gasteiger charge is -2.15. The van der Waals surface area contributed by atoms with Crippen LogP contribution in [-0.4, -0.2) is 26.5 Å². The molecule has 0 spiro atoms. The lowest BCUT2D eigenvalue weighted by atomic mass is 10.0. The van der Waals surface area contributed by atoms with Crippen molar-refractivity contribution in [2.75, 3.05) is 5.32 Å². The molecule has 3 rings (SSSR count). The average Bonchev–Trinajstić information content (AvgIpc) is 3.09. The minimum Gasteiger partial charge on any atom is -0.478 e. The van der Waals surface area contributed by atoms with Gasteiger partial charge in [0.05, 0.1) is 10.9 Å². The summed E-state index contributed by atoms with van der Waals surface area (Å²) in [6, 6.07) is 7.53. The topological polar surface area (TPSA) is 101 Å². The van der Waals surface area contributed by atoms with Crippen LogP contribution in [-0.2, 0) is 17.8 Å². The summed E-state index contributed by atoms with van der Waals surface area (Å²) in [6.07, 6.45) is 1.26. The molecule has 152 valence electrons. The first-order chi connectivity index (χ1) is 13.8. The van der Waals surface area contributed by atoms with Crippen LogP contribution in [0.4, 0.5) is 5.69 Å². The van der Waals surface area contributed by atoms with E-state index in [9.17, 15) is 19.5 Å². The standard InChI is InChI=1S/C21H23N3O4S/c1-4-7-16-23-19-18(14(11-29-19)21(27)28)20(26)24(16)10-17(25)22-15-9-6-5-8-13(15)12(2)3/h5-6,8-9,11-12H,4,7,10H2,1-3H3,(H,22,25)(H,27,28). The van der Waals surface area contributed by atoms with E-state index < -0.39 is 11.5 Å². The lowest BCUT2D eigenvalue weighted by Crippen LogP contribution is -2.31. The Labute approximate surface area is 172 Å². The fraction of sp³-hybridized carbons (Fsp3) is 0.333. The Kier molecular flexibility index (Phi) is 6.12. The molecule has 0 saturated carbocycles. The van der Waals surface area contributed by atoms with E-state index in [0.717, 1.165) is 23.3 Å². The van der Waals surface area contributed by atoms with Crippen molar-refractivity contribution in [1.82, 2.24) is 9.55 Å². The van der Waals surface area contributed by atoms with Crippen LogP contribution in [0.3, 0.4) is 0 Å². The number of benzene rings is 1. The van der Waals surface area contributed by atoms with Gasteiger partial charge in [0.25, 0.3) is 5.56 Å². The number of aromatic carboxylic acids is 1. The summed E-state index contributed by atoms with van der Waals surface area (Å²) in [4.78, 5) is 42.1. The van der Waals surface area contributed by atoms with E-state index in [1.807, 2.05) is 45.0 Å². The van der Waals surface area contributed by atoms with Gasteiger partial charge in [-0.3, -0.25) is 14.2 Å². The third-order valence-corrected chi connectivity index (χ3v) is 5.51. The van der Waals surface area contributed by atoms with Gasteiger partial charge >= 0.3 is 5.97 Å². The minimum absolute atomic E-state index is 0.0535. The van der Waals surface area contributed by atoms with Crippen molar-refractivity contribution >= 4 is 39.1 Å². The highest BCUT2D eigenvalue weighted by Crippen LogP contribution is 2.24. The number of aromatic nitrogens is 2. The fourth-order valence-corrected chi connectivity index (χ4v) is 4.17. The van der Waals surface area contributed by atoms with Crippen LogP contribution in [0.15, 0.2) is 34.4 Å². The normalized spacial score (nSPS) is 11.2. The van der Waals surface area contributed by atoms with Gasteiger partial charge in [-0.1, -0.05) is 39.0 Å². The summed E-state index contributed by atoms with van der Waals surface area (Å²) in [5, 5.41) is 13.7. The number of carboxylic acid groups (broad SMARTS) is 1. The van der Waals surface area contributed by atoms with Crippen LogP contribution in [0.5, 0.6) is 0 Å². The number of thiophene rings is 1. The molecule has 2 heterocycles. The summed E-state index contributed by atoms with van der Waals surface area (Å²) in [5.41, 5.74) is 1.13. The van der Waals surface area contributed by atoms with Gasteiger partial charge in [0.1, 0.15) is 17.2 Å². The quantitative estimate of drug-likeness (QED) is 0.612. The molecule has 1 amide bonds. The van der Waals surface area contributed by atoms with Crippen molar-refractivity contribution in [3.8, 4) is 0 Å². The first-order valence-electron chi connectivity index (χ1n) is 9.46. The smallest absolute Gasteiger partial charge is 0.337 e. The number of carbonyl (C=O) groups is 2. The number of rotatable bonds is 7. The molecule has 0 aliphatic carbocycles. The number of carboxylic acids is 1. The van der Waals surface area contributed by atoms with Crippen molar-refractivity contribution in [1.29, 1.82) is 0 Å². The van der Waals surface area contributed by atoms with E-state index in [4.69, 9.17) is 0 Å². The van der Waals surface area contributed by atoms with Gasteiger partial charge < -0.3 is 10.4 Å². The molecule has 0 atom stereocenters. The van der Waals surface area contributed by atoms with Gasteiger partial charge in [-0.25, -0.2) is 9.78 Å². The number of nitrogens with zero attached hydrogens (tertiary/aromatic N) is 2. The Bertz CT molecular complexity index is 1130. The van der Waals surface area contributed by atoms with Crippen molar-refractivity contribution in [3.63, 3.8) is 0 Å². The number of amides is 1. The van der Waals surface area contributed by atoms with Gasteiger partial charge in [-0.2, -0.15) is 0 Å². The average molecular weight is 413 g/mol. The Morgan fingerprint density at radius 2 is 2.00 bits per heavy atom. The number of anilines is 1. The van der Waals surface area contributed by atoms with Crippen LogP contribution in [0.25, 0.3) is 10.2 Å². The zero-order valence-corrected chi connectivity index (χ0v) is 17.4. The summed E-state index contributed by atoms with van der Waals surface area (Å²) in [5.74, 6) is -0.825. The van der Waals surface area contributed by atoms with Gasteiger partial charge in [-0.05, 0) is 24.0 Å². The van der Waals surface area contributed by atoms with Crippen LogP contribution >= 0.6 is 11.3 Å². The Hall–Kier alpha value is -3.00. The van der Waals surface area contributed by atoms with Gasteiger partial charge in [0.2, 0.25) is 5.91 Å². The summed E-state index contributed by atoms with van der Waals surface area (Å²) >= 11 is 1.13. The van der Waals surface area contributed by atoms with Crippen molar-refractivity contribution in [3.05, 3.63) is 57.0 Å². The summed E-state index contributed by atoms with van der Waals surface area (Å²) in [6.45, 7) is 5.81. The molecular formula is C21H23N3O4S. The zero-order valence-electron chi connectivity index (χ0n) is 16.6. The maximum absolute atomic E-state index is 13.1. The highest BCUT2D eigenvalue weighted by molar-refractivity contribution is 7.17. The molecule has 0 fully saturated rings. The third kappa shape index (κ3) is 4.22. The van der Waals surface area contributed by atoms with E-state index >= 15 is 0 Å². The van der Waals surface area contributed by atoms with E-state index in [0.29, 0.717) is 22.8 Å². The van der Waals surface area contributed by atoms with Crippen molar-refractivity contribution < 1.29 is 14.7 Å². The molecule has 29 heavy (non-hydrogen) atoms.